The molecule has 0 saturated carbocycles. The van der Waals surface area contributed by atoms with E-state index in [1.807, 2.05) is 19.9 Å². The van der Waals surface area contributed by atoms with Crippen molar-refractivity contribution in [1.82, 2.24) is 0 Å². The number of rotatable bonds is 2. The van der Waals surface area contributed by atoms with Gasteiger partial charge in [0.15, 0.2) is 0 Å². The Balaban J connectivity index is 2.82. The molecule has 1 heterocycles. The Bertz CT molecular complexity index is 250. The van der Waals surface area contributed by atoms with E-state index in [1.165, 1.54) is 6.08 Å². The van der Waals surface area contributed by atoms with Crippen LogP contribution in [0.15, 0.2) is 23.3 Å². The van der Waals surface area contributed by atoms with Crippen LogP contribution in [0.3, 0.4) is 0 Å². The number of aliphatic hydroxyl groups excluding tert-OH is 1. The van der Waals surface area contributed by atoms with Gasteiger partial charge in [0.05, 0.1) is 6.61 Å². The van der Waals surface area contributed by atoms with Gasteiger partial charge in [0, 0.05) is 11.6 Å². The standard InChI is InChI=1S/C9H12O3/c1-3-6(2)9-7(5-10)4-8(11)12-9/h3-4,9-10H,5H2,1-2H3/b6-3-. The SMILES string of the molecule is C/C=C(/C)C1OC(=O)C=C1CO. The van der Waals surface area contributed by atoms with Gasteiger partial charge in [0.2, 0.25) is 0 Å². The zero-order valence-electron chi connectivity index (χ0n) is 7.20. The average Bonchev–Trinajstić information content (AvgIpc) is 2.45. The zero-order chi connectivity index (χ0) is 9.14. The Morgan fingerprint density at radius 2 is 2.50 bits per heavy atom. The third-order valence-corrected chi connectivity index (χ3v) is 1.93. The number of aliphatic hydroxyl groups is 1. The van der Waals surface area contributed by atoms with Gasteiger partial charge in [-0.05, 0) is 19.4 Å². The monoisotopic (exact) mass is 168 g/mol. The molecule has 0 fully saturated rings. The molecule has 0 aromatic heterocycles. The smallest absolute Gasteiger partial charge is 0.331 e. The van der Waals surface area contributed by atoms with Crippen molar-refractivity contribution >= 4 is 5.97 Å². The predicted octanol–water partition coefficient (Wildman–Crippen LogP) is 0.797. The lowest BCUT2D eigenvalue weighted by atomic mass is 10.1. The van der Waals surface area contributed by atoms with Crippen LogP contribution in [0.2, 0.25) is 0 Å². The van der Waals surface area contributed by atoms with E-state index in [2.05, 4.69) is 0 Å². The van der Waals surface area contributed by atoms with Crippen LogP contribution in [-0.2, 0) is 9.53 Å². The molecule has 0 bridgehead atoms. The zero-order valence-corrected chi connectivity index (χ0v) is 7.20. The quantitative estimate of drug-likeness (QED) is 0.490. The van der Waals surface area contributed by atoms with Crippen LogP contribution in [-0.4, -0.2) is 23.8 Å². The van der Waals surface area contributed by atoms with Crippen molar-refractivity contribution < 1.29 is 14.6 Å². The fraction of sp³-hybridized carbons (Fsp3) is 0.444. The number of cyclic esters (lactones) is 1. The molecule has 0 aromatic rings. The molecule has 0 aromatic carbocycles. The normalized spacial score (nSPS) is 23.9. The summed E-state index contributed by atoms with van der Waals surface area (Å²) in [7, 11) is 0. The molecule has 66 valence electrons. The van der Waals surface area contributed by atoms with Gasteiger partial charge in [0.25, 0.3) is 0 Å². The first-order valence-corrected chi connectivity index (χ1v) is 3.83. The van der Waals surface area contributed by atoms with Crippen LogP contribution in [0.4, 0.5) is 0 Å². The molecule has 3 nitrogen and oxygen atoms in total. The van der Waals surface area contributed by atoms with Crippen molar-refractivity contribution in [2.75, 3.05) is 6.61 Å². The summed E-state index contributed by atoms with van der Waals surface area (Å²) in [6, 6.07) is 0. The van der Waals surface area contributed by atoms with Crippen LogP contribution in [0.25, 0.3) is 0 Å². The summed E-state index contributed by atoms with van der Waals surface area (Å²) in [6.45, 7) is 3.62. The van der Waals surface area contributed by atoms with Crippen LogP contribution < -0.4 is 0 Å². The second-order valence-corrected chi connectivity index (χ2v) is 2.73. The Labute approximate surface area is 71.3 Å². The highest BCUT2D eigenvalue weighted by Gasteiger charge is 2.26. The summed E-state index contributed by atoms with van der Waals surface area (Å²) >= 11 is 0. The van der Waals surface area contributed by atoms with E-state index in [-0.39, 0.29) is 18.7 Å². The number of ether oxygens (including phenoxy) is 1. The average molecular weight is 168 g/mol. The van der Waals surface area contributed by atoms with E-state index in [0.717, 1.165) is 5.57 Å². The molecule has 0 amide bonds. The highest BCUT2D eigenvalue weighted by atomic mass is 16.5. The van der Waals surface area contributed by atoms with Gasteiger partial charge in [-0.25, -0.2) is 4.79 Å². The molecule has 1 aliphatic rings. The van der Waals surface area contributed by atoms with E-state index in [1.54, 1.807) is 0 Å². The van der Waals surface area contributed by atoms with Crippen LogP contribution in [0, 0.1) is 0 Å². The van der Waals surface area contributed by atoms with Crippen molar-refractivity contribution in [2.45, 2.75) is 20.0 Å². The molecule has 0 saturated heterocycles. The molecular weight excluding hydrogens is 156 g/mol. The lowest BCUT2D eigenvalue weighted by Crippen LogP contribution is -2.15. The minimum absolute atomic E-state index is 0.123. The van der Waals surface area contributed by atoms with Crippen LogP contribution in [0.5, 0.6) is 0 Å². The van der Waals surface area contributed by atoms with E-state index < -0.39 is 0 Å². The number of esters is 1. The molecule has 12 heavy (non-hydrogen) atoms. The van der Waals surface area contributed by atoms with Crippen molar-refractivity contribution in [3.63, 3.8) is 0 Å². The highest BCUT2D eigenvalue weighted by Crippen LogP contribution is 2.21. The lowest BCUT2D eigenvalue weighted by molar-refractivity contribution is -0.137. The first-order chi connectivity index (χ1) is 5.69. The van der Waals surface area contributed by atoms with E-state index >= 15 is 0 Å². The second kappa shape index (κ2) is 3.54. The summed E-state index contributed by atoms with van der Waals surface area (Å²) in [4.78, 5) is 10.8. The Morgan fingerprint density at radius 3 is 3.00 bits per heavy atom. The molecule has 3 heteroatoms. The fourth-order valence-corrected chi connectivity index (χ4v) is 1.12. The molecule has 0 aliphatic carbocycles. The topological polar surface area (TPSA) is 46.5 Å². The van der Waals surface area contributed by atoms with Crippen LogP contribution >= 0.6 is 0 Å². The maximum absolute atomic E-state index is 10.8. The summed E-state index contributed by atoms with van der Waals surface area (Å²) in [5.41, 5.74) is 1.58. The van der Waals surface area contributed by atoms with Gasteiger partial charge < -0.3 is 9.84 Å². The van der Waals surface area contributed by atoms with Gasteiger partial charge in [-0.3, -0.25) is 0 Å². The largest absolute Gasteiger partial charge is 0.450 e. The van der Waals surface area contributed by atoms with Crippen molar-refractivity contribution in [3.05, 3.63) is 23.3 Å². The number of hydrogen-bond donors (Lipinski definition) is 1. The number of allylic oxidation sites excluding steroid dienone is 1. The highest BCUT2D eigenvalue weighted by molar-refractivity contribution is 5.86. The molecule has 1 unspecified atom stereocenters. The molecule has 1 atom stereocenters. The minimum atomic E-state index is -0.370. The Kier molecular flexibility index (Phi) is 2.65. The lowest BCUT2D eigenvalue weighted by Gasteiger charge is -2.12. The van der Waals surface area contributed by atoms with Crippen molar-refractivity contribution in [3.8, 4) is 0 Å². The summed E-state index contributed by atoms with van der Waals surface area (Å²) in [5, 5.41) is 8.87. The molecule has 1 N–H and O–H groups in total. The van der Waals surface area contributed by atoms with Crippen LogP contribution in [0.1, 0.15) is 13.8 Å². The molecule has 0 radical (unpaired) electrons. The molecule has 0 spiro atoms. The summed E-state index contributed by atoms with van der Waals surface area (Å²) < 4.78 is 4.96. The second-order valence-electron chi connectivity index (χ2n) is 2.73. The maximum atomic E-state index is 10.8. The predicted molar refractivity (Wildman–Crippen MR) is 44.5 cm³/mol. The third-order valence-electron chi connectivity index (χ3n) is 1.93. The van der Waals surface area contributed by atoms with E-state index in [4.69, 9.17) is 9.84 Å². The van der Waals surface area contributed by atoms with Gasteiger partial charge in [0.1, 0.15) is 6.10 Å². The number of carbonyl (C=O) groups is 1. The number of carbonyl (C=O) groups excluding carboxylic acids is 1. The minimum Gasteiger partial charge on any atom is -0.450 e. The van der Waals surface area contributed by atoms with Gasteiger partial charge in [-0.1, -0.05) is 6.08 Å². The van der Waals surface area contributed by atoms with Gasteiger partial charge >= 0.3 is 5.97 Å². The van der Waals surface area contributed by atoms with E-state index in [0.29, 0.717) is 5.57 Å². The third kappa shape index (κ3) is 1.56. The van der Waals surface area contributed by atoms with Crippen molar-refractivity contribution in [1.29, 1.82) is 0 Å². The van der Waals surface area contributed by atoms with E-state index in [9.17, 15) is 4.79 Å². The Hall–Kier alpha value is -1.09. The summed E-state index contributed by atoms with van der Waals surface area (Å²) in [6.07, 6.45) is 2.87. The first kappa shape index (κ1) is 9.00. The Morgan fingerprint density at radius 1 is 1.83 bits per heavy atom. The van der Waals surface area contributed by atoms with Crippen molar-refractivity contribution in [2.24, 2.45) is 0 Å². The molecular formula is C9H12O3. The maximum Gasteiger partial charge on any atom is 0.331 e. The van der Waals surface area contributed by atoms with Gasteiger partial charge in [-0.15, -0.1) is 0 Å². The molecule has 1 aliphatic heterocycles. The molecule has 1 rings (SSSR count). The fourth-order valence-electron chi connectivity index (χ4n) is 1.12. The first-order valence-electron chi connectivity index (χ1n) is 3.83. The van der Waals surface area contributed by atoms with Gasteiger partial charge in [-0.2, -0.15) is 0 Å². The number of hydrogen-bond acceptors (Lipinski definition) is 3. The summed E-state index contributed by atoms with van der Waals surface area (Å²) in [5.74, 6) is -0.370.